The van der Waals surface area contributed by atoms with Gasteiger partial charge in [0.15, 0.2) is 0 Å². The van der Waals surface area contributed by atoms with E-state index in [4.69, 9.17) is 4.42 Å². The molecule has 1 heterocycles. The maximum absolute atomic E-state index is 10.0. The fraction of sp³-hybridized carbons (Fsp3) is 0.692. The van der Waals surface area contributed by atoms with E-state index in [2.05, 4.69) is 11.8 Å². The average molecular weight is 223 g/mol. The van der Waals surface area contributed by atoms with E-state index in [-0.39, 0.29) is 6.10 Å². The van der Waals surface area contributed by atoms with Crippen molar-refractivity contribution in [3.05, 3.63) is 24.2 Å². The SMILES string of the molecule is CCN(Cc1ccco1)[C@H]1CCCC[C@@H]1O. The summed E-state index contributed by atoms with van der Waals surface area (Å²) in [6, 6.07) is 4.22. The third-order valence-electron chi connectivity index (χ3n) is 3.51. The molecule has 1 fully saturated rings. The first-order chi connectivity index (χ1) is 7.81. The van der Waals surface area contributed by atoms with Crippen LogP contribution in [-0.2, 0) is 6.54 Å². The first-order valence-corrected chi connectivity index (χ1v) is 6.25. The third-order valence-corrected chi connectivity index (χ3v) is 3.51. The molecule has 0 saturated heterocycles. The van der Waals surface area contributed by atoms with Gasteiger partial charge < -0.3 is 9.52 Å². The molecule has 1 aliphatic rings. The minimum absolute atomic E-state index is 0.163. The van der Waals surface area contributed by atoms with Crippen molar-refractivity contribution in [2.45, 2.75) is 51.3 Å². The number of hydrogen-bond donors (Lipinski definition) is 1. The molecule has 0 amide bonds. The standard InChI is InChI=1S/C13H21NO2/c1-2-14(10-11-6-5-9-16-11)12-7-3-4-8-13(12)15/h5-6,9,12-13,15H,2-4,7-8,10H2,1H3/t12-,13-/m0/s1. The lowest BCUT2D eigenvalue weighted by molar-refractivity contribution is 0.0155. The number of aliphatic hydroxyl groups excluding tert-OH is 1. The van der Waals surface area contributed by atoms with Gasteiger partial charge in [-0.25, -0.2) is 0 Å². The van der Waals surface area contributed by atoms with Gasteiger partial charge in [0, 0.05) is 6.04 Å². The lowest BCUT2D eigenvalue weighted by Gasteiger charge is -2.36. The molecule has 1 aromatic rings. The number of rotatable bonds is 4. The summed E-state index contributed by atoms with van der Waals surface area (Å²) in [6.07, 6.45) is 5.99. The van der Waals surface area contributed by atoms with E-state index >= 15 is 0 Å². The quantitative estimate of drug-likeness (QED) is 0.851. The van der Waals surface area contributed by atoms with Crippen LogP contribution in [0, 0.1) is 0 Å². The highest BCUT2D eigenvalue weighted by Crippen LogP contribution is 2.24. The van der Waals surface area contributed by atoms with Crippen LogP contribution in [0.5, 0.6) is 0 Å². The Morgan fingerprint density at radius 3 is 2.88 bits per heavy atom. The smallest absolute Gasteiger partial charge is 0.117 e. The Hall–Kier alpha value is -0.800. The third kappa shape index (κ3) is 2.66. The molecule has 3 heteroatoms. The highest BCUT2D eigenvalue weighted by molar-refractivity contribution is 4.99. The monoisotopic (exact) mass is 223 g/mol. The lowest BCUT2D eigenvalue weighted by Crippen LogP contribution is -2.44. The highest BCUT2D eigenvalue weighted by atomic mass is 16.3. The summed E-state index contributed by atoms with van der Waals surface area (Å²) >= 11 is 0. The summed E-state index contributed by atoms with van der Waals surface area (Å²) in [6.45, 7) is 3.91. The zero-order chi connectivity index (χ0) is 11.4. The molecule has 2 atom stereocenters. The molecule has 1 saturated carbocycles. The molecule has 0 spiro atoms. The van der Waals surface area contributed by atoms with Crippen LogP contribution in [0.2, 0.25) is 0 Å². The van der Waals surface area contributed by atoms with Gasteiger partial charge in [0.2, 0.25) is 0 Å². The molecule has 0 aromatic carbocycles. The van der Waals surface area contributed by atoms with Crippen LogP contribution < -0.4 is 0 Å². The zero-order valence-electron chi connectivity index (χ0n) is 9.93. The summed E-state index contributed by atoms with van der Waals surface area (Å²) in [4.78, 5) is 2.32. The Kier molecular flexibility index (Phi) is 4.02. The maximum Gasteiger partial charge on any atom is 0.117 e. The normalized spacial score (nSPS) is 26.2. The van der Waals surface area contributed by atoms with Crippen molar-refractivity contribution < 1.29 is 9.52 Å². The van der Waals surface area contributed by atoms with Crippen molar-refractivity contribution in [2.75, 3.05) is 6.54 Å². The number of nitrogens with zero attached hydrogens (tertiary/aromatic N) is 1. The van der Waals surface area contributed by atoms with Crippen LogP contribution in [0.4, 0.5) is 0 Å². The molecule has 1 aromatic heterocycles. The van der Waals surface area contributed by atoms with Gasteiger partial charge in [0.05, 0.1) is 18.9 Å². The van der Waals surface area contributed by atoms with E-state index < -0.39 is 0 Å². The van der Waals surface area contributed by atoms with Crippen molar-refractivity contribution in [1.29, 1.82) is 0 Å². The van der Waals surface area contributed by atoms with Crippen molar-refractivity contribution in [3.63, 3.8) is 0 Å². The summed E-state index contributed by atoms with van der Waals surface area (Å²) in [7, 11) is 0. The van der Waals surface area contributed by atoms with Crippen molar-refractivity contribution in [3.8, 4) is 0 Å². The van der Waals surface area contributed by atoms with Gasteiger partial charge in [-0.2, -0.15) is 0 Å². The number of furan rings is 1. The first kappa shape index (κ1) is 11.7. The minimum Gasteiger partial charge on any atom is -0.468 e. The van der Waals surface area contributed by atoms with Gasteiger partial charge in [0.25, 0.3) is 0 Å². The van der Waals surface area contributed by atoms with Crippen LogP contribution in [0.3, 0.4) is 0 Å². The summed E-state index contributed by atoms with van der Waals surface area (Å²) in [5.41, 5.74) is 0. The van der Waals surface area contributed by atoms with Crippen molar-refractivity contribution >= 4 is 0 Å². The summed E-state index contributed by atoms with van der Waals surface area (Å²) in [5, 5.41) is 10.0. The van der Waals surface area contributed by atoms with E-state index in [1.807, 2.05) is 12.1 Å². The van der Waals surface area contributed by atoms with Crippen LogP contribution in [-0.4, -0.2) is 28.7 Å². The zero-order valence-corrected chi connectivity index (χ0v) is 9.93. The Balaban J connectivity index is 1.98. The van der Waals surface area contributed by atoms with Crippen LogP contribution in [0.15, 0.2) is 22.8 Å². The molecular formula is C13H21NO2. The van der Waals surface area contributed by atoms with Gasteiger partial charge in [0.1, 0.15) is 5.76 Å². The molecule has 2 rings (SSSR count). The van der Waals surface area contributed by atoms with Gasteiger partial charge in [-0.15, -0.1) is 0 Å². The Labute approximate surface area is 97.1 Å². The second kappa shape index (κ2) is 5.51. The first-order valence-electron chi connectivity index (χ1n) is 6.25. The van der Waals surface area contributed by atoms with Crippen LogP contribution in [0.1, 0.15) is 38.4 Å². The van der Waals surface area contributed by atoms with E-state index in [9.17, 15) is 5.11 Å². The van der Waals surface area contributed by atoms with Gasteiger partial charge in [-0.1, -0.05) is 19.8 Å². The Bertz CT molecular complexity index is 297. The van der Waals surface area contributed by atoms with Crippen LogP contribution >= 0.6 is 0 Å². The number of hydrogen-bond acceptors (Lipinski definition) is 3. The molecule has 16 heavy (non-hydrogen) atoms. The average Bonchev–Trinajstić information content (AvgIpc) is 2.80. The largest absolute Gasteiger partial charge is 0.468 e. The highest BCUT2D eigenvalue weighted by Gasteiger charge is 2.28. The molecule has 1 N–H and O–H groups in total. The molecule has 3 nitrogen and oxygen atoms in total. The lowest BCUT2D eigenvalue weighted by atomic mass is 9.91. The fourth-order valence-electron chi connectivity index (χ4n) is 2.58. The van der Waals surface area contributed by atoms with Gasteiger partial charge in [-0.05, 0) is 31.5 Å². The second-order valence-electron chi connectivity index (χ2n) is 4.56. The topological polar surface area (TPSA) is 36.6 Å². The summed E-state index contributed by atoms with van der Waals surface area (Å²) < 4.78 is 5.37. The predicted octanol–water partition coefficient (Wildman–Crippen LogP) is 2.41. The molecule has 1 aliphatic carbocycles. The Morgan fingerprint density at radius 2 is 2.25 bits per heavy atom. The van der Waals surface area contributed by atoms with E-state index in [0.29, 0.717) is 6.04 Å². The maximum atomic E-state index is 10.0. The summed E-state index contributed by atoms with van der Waals surface area (Å²) in [5.74, 6) is 0.986. The second-order valence-corrected chi connectivity index (χ2v) is 4.56. The molecule has 0 aliphatic heterocycles. The molecule has 0 bridgehead atoms. The predicted molar refractivity (Wildman–Crippen MR) is 63.1 cm³/mol. The van der Waals surface area contributed by atoms with Gasteiger partial charge in [-0.3, -0.25) is 4.90 Å². The van der Waals surface area contributed by atoms with Crippen molar-refractivity contribution in [2.24, 2.45) is 0 Å². The fourth-order valence-corrected chi connectivity index (χ4v) is 2.58. The Morgan fingerprint density at radius 1 is 1.44 bits per heavy atom. The van der Waals surface area contributed by atoms with E-state index in [1.165, 1.54) is 6.42 Å². The van der Waals surface area contributed by atoms with Crippen LogP contribution in [0.25, 0.3) is 0 Å². The molecule has 90 valence electrons. The van der Waals surface area contributed by atoms with Gasteiger partial charge >= 0.3 is 0 Å². The molecule has 0 radical (unpaired) electrons. The molecule has 0 unspecified atom stereocenters. The number of likely N-dealkylation sites (N-methyl/N-ethyl adjacent to an activating group) is 1. The number of aliphatic hydroxyl groups is 1. The van der Waals surface area contributed by atoms with Crippen molar-refractivity contribution in [1.82, 2.24) is 4.90 Å². The van der Waals surface area contributed by atoms with E-state index in [0.717, 1.165) is 38.1 Å². The molecular weight excluding hydrogens is 202 g/mol. The van der Waals surface area contributed by atoms with E-state index in [1.54, 1.807) is 6.26 Å². The minimum atomic E-state index is -0.163.